The Morgan fingerprint density at radius 3 is 2.65 bits per heavy atom. The van der Waals surface area contributed by atoms with Crippen LogP contribution in [0.5, 0.6) is 5.75 Å². The van der Waals surface area contributed by atoms with E-state index >= 15 is 0 Å². The van der Waals surface area contributed by atoms with E-state index in [-0.39, 0.29) is 0 Å². The van der Waals surface area contributed by atoms with Crippen LogP contribution in [0.15, 0.2) is 24.3 Å². The van der Waals surface area contributed by atoms with Crippen LogP contribution < -0.4 is 15.0 Å². The maximum absolute atomic E-state index is 5.30. The van der Waals surface area contributed by atoms with Gasteiger partial charge in [0.05, 0.1) is 7.11 Å². The maximum atomic E-state index is 5.30. The van der Waals surface area contributed by atoms with E-state index in [9.17, 15) is 0 Å². The number of likely N-dealkylation sites (N-methyl/N-ethyl adjacent to an activating group) is 1. The first-order valence-corrected chi connectivity index (χ1v) is 7.57. The van der Waals surface area contributed by atoms with Gasteiger partial charge >= 0.3 is 0 Å². The predicted octanol–water partition coefficient (Wildman–Crippen LogP) is 1.82. The molecular weight excluding hydrogens is 250 g/mol. The van der Waals surface area contributed by atoms with Gasteiger partial charge in [0.15, 0.2) is 0 Å². The molecule has 4 nitrogen and oxygen atoms in total. The summed E-state index contributed by atoms with van der Waals surface area (Å²) in [5.41, 5.74) is 1.27. The summed E-state index contributed by atoms with van der Waals surface area (Å²) in [4.78, 5) is 4.99. The number of hydrogen-bond donors (Lipinski definition) is 1. The van der Waals surface area contributed by atoms with Crippen LogP contribution in [0, 0.1) is 0 Å². The first-order valence-electron chi connectivity index (χ1n) is 7.57. The van der Waals surface area contributed by atoms with Gasteiger partial charge in [-0.1, -0.05) is 13.0 Å². The molecule has 1 atom stereocenters. The van der Waals surface area contributed by atoms with Gasteiger partial charge in [-0.2, -0.15) is 0 Å². The van der Waals surface area contributed by atoms with Crippen molar-refractivity contribution in [2.24, 2.45) is 0 Å². The lowest BCUT2D eigenvalue weighted by Crippen LogP contribution is -2.50. The van der Waals surface area contributed by atoms with Gasteiger partial charge in [-0.15, -0.1) is 0 Å². The number of methoxy groups -OCH3 is 1. The highest BCUT2D eigenvalue weighted by molar-refractivity contribution is 5.51. The standard InChI is InChI=1S/C16H27N3O/c1-4-17-14(2)13-18-8-10-19(11-9-18)15-6-5-7-16(12-15)20-3/h5-7,12,14,17H,4,8-11,13H2,1-3H3. The van der Waals surface area contributed by atoms with Crippen LogP contribution in [-0.2, 0) is 0 Å². The topological polar surface area (TPSA) is 27.7 Å². The van der Waals surface area contributed by atoms with Crippen LogP contribution in [0.1, 0.15) is 13.8 Å². The molecule has 0 amide bonds. The second-order valence-electron chi connectivity index (χ2n) is 5.45. The van der Waals surface area contributed by atoms with Crippen molar-refractivity contribution in [1.82, 2.24) is 10.2 Å². The second kappa shape index (κ2) is 7.50. The molecule has 0 radical (unpaired) electrons. The van der Waals surface area contributed by atoms with E-state index in [2.05, 4.69) is 47.2 Å². The largest absolute Gasteiger partial charge is 0.497 e. The average molecular weight is 277 g/mol. The van der Waals surface area contributed by atoms with Gasteiger partial charge < -0.3 is 15.0 Å². The summed E-state index contributed by atoms with van der Waals surface area (Å²) in [5, 5.41) is 3.48. The molecule has 0 saturated carbocycles. The zero-order valence-electron chi connectivity index (χ0n) is 12.9. The Morgan fingerprint density at radius 2 is 2.00 bits per heavy atom. The maximum Gasteiger partial charge on any atom is 0.120 e. The molecule has 4 heteroatoms. The van der Waals surface area contributed by atoms with Gasteiger partial charge in [-0.25, -0.2) is 0 Å². The van der Waals surface area contributed by atoms with Crippen LogP contribution in [0.2, 0.25) is 0 Å². The Kier molecular flexibility index (Phi) is 5.68. The minimum Gasteiger partial charge on any atom is -0.497 e. The summed E-state index contributed by atoms with van der Waals surface area (Å²) < 4.78 is 5.30. The van der Waals surface area contributed by atoms with Gasteiger partial charge in [0, 0.05) is 50.5 Å². The number of rotatable bonds is 6. The fraction of sp³-hybridized carbons (Fsp3) is 0.625. The van der Waals surface area contributed by atoms with E-state index in [0.29, 0.717) is 6.04 Å². The lowest BCUT2D eigenvalue weighted by Gasteiger charge is -2.37. The Hall–Kier alpha value is -1.26. The lowest BCUT2D eigenvalue weighted by atomic mass is 10.2. The van der Waals surface area contributed by atoms with Crippen molar-refractivity contribution in [3.8, 4) is 5.75 Å². The highest BCUT2D eigenvalue weighted by Crippen LogP contribution is 2.22. The number of nitrogens with one attached hydrogen (secondary N) is 1. The first kappa shape index (κ1) is 15.1. The number of ether oxygens (including phenoxy) is 1. The number of benzene rings is 1. The Labute approximate surface area is 122 Å². The van der Waals surface area contributed by atoms with Crippen molar-refractivity contribution in [3.63, 3.8) is 0 Å². The molecule has 1 aromatic rings. The van der Waals surface area contributed by atoms with E-state index in [1.54, 1.807) is 7.11 Å². The van der Waals surface area contributed by atoms with Crippen LogP contribution in [-0.4, -0.2) is 57.3 Å². The Balaban J connectivity index is 1.84. The molecule has 0 bridgehead atoms. The highest BCUT2D eigenvalue weighted by atomic mass is 16.5. The molecule has 1 unspecified atom stereocenters. The van der Waals surface area contributed by atoms with E-state index in [0.717, 1.165) is 45.0 Å². The third kappa shape index (κ3) is 4.12. The molecule has 0 aliphatic carbocycles. The molecule has 1 aliphatic heterocycles. The SMILES string of the molecule is CCNC(C)CN1CCN(c2cccc(OC)c2)CC1. The van der Waals surface area contributed by atoms with Crippen molar-refractivity contribution in [3.05, 3.63) is 24.3 Å². The normalized spacial score (nSPS) is 18.1. The van der Waals surface area contributed by atoms with Gasteiger partial charge in [0.2, 0.25) is 0 Å². The van der Waals surface area contributed by atoms with Crippen LogP contribution in [0.4, 0.5) is 5.69 Å². The first-order chi connectivity index (χ1) is 9.72. The molecule has 0 spiro atoms. The van der Waals surface area contributed by atoms with E-state index in [1.807, 2.05) is 6.07 Å². The summed E-state index contributed by atoms with van der Waals surface area (Å²) in [7, 11) is 1.72. The van der Waals surface area contributed by atoms with Crippen LogP contribution >= 0.6 is 0 Å². The van der Waals surface area contributed by atoms with Crippen LogP contribution in [0.3, 0.4) is 0 Å². The van der Waals surface area contributed by atoms with Gasteiger partial charge in [0.25, 0.3) is 0 Å². The summed E-state index contributed by atoms with van der Waals surface area (Å²) in [6, 6.07) is 8.92. The van der Waals surface area contributed by atoms with E-state index in [1.165, 1.54) is 5.69 Å². The molecule has 1 aromatic carbocycles. The highest BCUT2D eigenvalue weighted by Gasteiger charge is 2.18. The summed E-state index contributed by atoms with van der Waals surface area (Å²) >= 11 is 0. The molecular formula is C16H27N3O. The summed E-state index contributed by atoms with van der Waals surface area (Å²) in [5.74, 6) is 0.936. The molecule has 1 saturated heterocycles. The smallest absolute Gasteiger partial charge is 0.120 e. The molecule has 1 heterocycles. The molecule has 1 aliphatic rings. The molecule has 1 N–H and O–H groups in total. The second-order valence-corrected chi connectivity index (χ2v) is 5.45. The van der Waals surface area contributed by atoms with Gasteiger partial charge in [0.1, 0.15) is 5.75 Å². The number of hydrogen-bond acceptors (Lipinski definition) is 4. The lowest BCUT2D eigenvalue weighted by molar-refractivity contribution is 0.235. The molecule has 20 heavy (non-hydrogen) atoms. The quantitative estimate of drug-likeness (QED) is 0.858. The molecule has 0 aromatic heterocycles. The monoisotopic (exact) mass is 277 g/mol. The van der Waals surface area contributed by atoms with Crippen molar-refractivity contribution < 1.29 is 4.74 Å². The third-order valence-electron chi connectivity index (χ3n) is 3.88. The van der Waals surface area contributed by atoms with Gasteiger partial charge in [-0.05, 0) is 25.6 Å². The predicted molar refractivity (Wildman–Crippen MR) is 84.8 cm³/mol. The fourth-order valence-corrected chi connectivity index (χ4v) is 2.80. The number of piperazine rings is 1. The zero-order valence-corrected chi connectivity index (χ0v) is 12.9. The molecule has 2 rings (SSSR count). The number of anilines is 1. The summed E-state index contributed by atoms with van der Waals surface area (Å²) in [6.07, 6.45) is 0. The van der Waals surface area contributed by atoms with E-state index in [4.69, 9.17) is 4.74 Å². The van der Waals surface area contributed by atoms with Crippen molar-refractivity contribution in [2.75, 3.05) is 51.3 Å². The van der Waals surface area contributed by atoms with Crippen molar-refractivity contribution in [1.29, 1.82) is 0 Å². The van der Waals surface area contributed by atoms with Crippen LogP contribution in [0.25, 0.3) is 0 Å². The fourth-order valence-electron chi connectivity index (χ4n) is 2.80. The number of nitrogens with zero attached hydrogens (tertiary/aromatic N) is 2. The zero-order chi connectivity index (χ0) is 14.4. The third-order valence-corrected chi connectivity index (χ3v) is 3.88. The van der Waals surface area contributed by atoms with E-state index < -0.39 is 0 Å². The summed E-state index contributed by atoms with van der Waals surface area (Å²) in [6.45, 7) is 11.1. The average Bonchev–Trinajstić information content (AvgIpc) is 2.48. The Bertz CT molecular complexity index is 402. The van der Waals surface area contributed by atoms with Crippen molar-refractivity contribution in [2.45, 2.75) is 19.9 Å². The molecule has 112 valence electrons. The van der Waals surface area contributed by atoms with Gasteiger partial charge in [-0.3, -0.25) is 4.90 Å². The minimum atomic E-state index is 0.573. The molecule has 1 fully saturated rings. The Morgan fingerprint density at radius 1 is 1.25 bits per heavy atom. The minimum absolute atomic E-state index is 0.573. The van der Waals surface area contributed by atoms with Crippen molar-refractivity contribution >= 4 is 5.69 Å².